The third kappa shape index (κ3) is 4.72. The molecule has 3 amide bonds. The van der Waals surface area contributed by atoms with Gasteiger partial charge in [0, 0.05) is 23.5 Å². The fourth-order valence-corrected chi connectivity index (χ4v) is 5.14. The van der Waals surface area contributed by atoms with Gasteiger partial charge in [-0.15, -0.1) is 0 Å². The number of carbonyl (C=O) groups is 4. The average Bonchev–Trinajstić information content (AvgIpc) is 3.24. The predicted molar refractivity (Wildman–Crippen MR) is 125 cm³/mol. The molecule has 1 aliphatic carbocycles. The van der Waals surface area contributed by atoms with E-state index in [-0.39, 0.29) is 17.5 Å². The van der Waals surface area contributed by atoms with E-state index in [1.807, 2.05) is 18.4 Å². The van der Waals surface area contributed by atoms with Gasteiger partial charge in [0.25, 0.3) is 5.91 Å². The van der Waals surface area contributed by atoms with E-state index < -0.39 is 36.6 Å². The largest absolute Gasteiger partial charge is 0.456 e. The molecular formula is C26H30FN3O5. The highest BCUT2D eigenvalue weighted by Gasteiger charge is 2.55. The number of nitrogens with one attached hydrogen (secondary N) is 1. The molecule has 2 aromatic rings. The second kappa shape index (κ2) is 9.64. The Morgan fingerprint density at radius 3 is 2.57 bits per heavy atom. The molecule has 2 atom stereocenters. The number of amides is 3. The van der Waals surface area contributed by atoms with Gasteiger partial charge in [-0.1, -0.05) is 31.9 Å². The summed E-state index contributed by atoms with van der Waals surface area (Å²) in [6.07, 6.45) is 3.22. The van der Waals surface area contributed by atoms with Crippen molar-refractivity contribution >= 4 is 23.7 Å². The number of aryl methyl sites for hydroxylation is 1. The molecule has 2 aliphatic rings. The molecule has 1 saturated carbocycles. The van der Waals surface area contributed by atoms with Crippen LogP contribution in [0.4, 0.5) is 9.18 Å². The van der Waals surface area contributed by atoms with E-state index in [1.165, 1.54) is 12.1 Å². The first-order chi connectivity index (χ1) is 16.6. The van der Waals surface area contributed by atoms with Crippen LogP contribution in [0.3, 0.4) is 0 Å². The number of rotatable bonds is 7. The van der Waals surface area contributed by atoms with E-state index >= 15 is 0 Å². The third-order valence-corrected chi connectivity index (χ3v) is 7.28. The summed E-state index contributed by atoms with van der Waals surface area (Å²) < 4.78 is 20.3. The van der Waals surface area contributed by atoms with Crippen molar-refractivity contribution in [1.29, 1.82) is 0 Å². The van der Waals surface area contributed by atoms with E-state index in [0.29, 0.717) is 24.2 Å². The zero-order valence-corrected chi connectivity index (χ0v) is 20.2. The molecule has 1 N–H and O–H groups in total. The van der Waals surface area contributed by atoms with Gasteiger partial charge in [-0.05, 0) is 56.4 Å². The molecule has 8 nitrogen and oxygen atoms in total. The monoisotopic (exact) mass is 483 g/mol. The van der Waals surface area contributed by atoms with Gasteiger partial charge in [0.2, 0.25) is 5.78 Å². The van der Waals surface area contributed by atoms with Crippen LogP contribution in [-0.4, -0.2) is 51.8 Å². The van der Waals surface area contributed by atoms with Crippen molar-refractivity contribution in [3.8, 4) is 0 Å². The van der Waals surface area contributed by atoms with Gasteiger partial charge in [-0.2, -0.15) is 0 Å². The van der Waals surface area contributed by atoms with Gasteiger partial charge >= 0.3 is 12.0 Å². The summed E-state index contributed by atoms with van der Waals surface area (Å²) in [5, 5.41) is 2.79. The number of esters is 1. The maximum absolute atomic E-state index is 13.2. The van der Waals surface area contributed by atoms with E-state index in [1.54, 1.807) is 25.1 Å². The van der Waals surface area contributed by atoms with Crippen molar-refractivity contribution in [3.63, 3.8) is 0 Å². The summed E-state index contributed by atoms with van der Waals surface area (Å²) in [6, 6.07) is 7.27. The fraction of sp³-hybridized carbons (Fsp3) is 0.462. The standard InChI is InChI=1S/C26H30FN3O5/c1-16-6-4-5-11-26(16)24(33)30(25(34)28-26)14-23(32)35-15-22(31)21-12-17(2)29(18(21)3)13-19-7-9-20(27)10-8-19/h7-10,12,16H,4-6,11,13-15H2,1-3H3,(H,28,34)/t16-,26-/m0/s1. The van der Waals surface area contributed by atoms with Crippen LogP contribution >= 0.6 is 0 Å². The number of hydrogen-bond donors (Lipinski definition) is 1. The minimum Gasteiger partial charge on any atom is -0.456 e. The number of imide groups is 1. The lowest BCUT2D eigenvalue weighted by Gasteiger charge is -2.36. The topological polar surface area (TPSA) is 97.7 Å². The van der Waals surface area contributed by atoms with Crippen LogP contribution < -0.4 is 5.32 Å². The summed E-state index contributed by atoms with van der Waals surface area (Å²) in [4.78, 5) is 51.5. The first-order valence-electron chi connectivity index (χ1n) is 11.9. The molecule has 0 radical (unpaired) electrons. The maximum atomic E-state index is 13.2. The number of ether oxygens (including phenoxy) is 1. The van der Waals surface area contributed by atoms with Crippen molar-refractivity contribution in [2.24, 2.45) is 5.92 Å². The lowest BCUT2D eigenvalue weighted by molar-refractivity contribution is -0.147. The molecule has 0 bridgehead atoms. The summed E-state index contributed by atoms with van der Waals surface area (Å²) in [5.74, 6) is -1.93. The molecule has 4 rings (SSSR count). The highest BCUT2D eigenvalue weighted by molar-refractivity contribution is 6.09. The number of hydrogen-bond acceptors (Lipinski definition) is 5. The van der Waals surface area contributed by atoms with Crippen molar-refractivity contribution < 1.29 is 28.3 Å². The van der Waals surface area contributed by atoms with Crippen LogP contribution in [0.1, 0.15) is 59.9 Å². The van der Waals surface area contributed by atoms with E-state index in [4.69, 9.17) is 4.74 Å². The molecule has 1 aromatic heterocycles. The normalized spacial score (nSPS) is 21.9. The highest BCUT2D eigenvalue weighted by atomic mass is 19.1. The first kappa shape index (κ1) is 24.6. The molecule has 1 spiro atoms. The van der Waals surface area contributed by atoms with Crippen LogP contribution in [0.5, 0.6) is 0 Å². The number of ketones is 1. The van der Waals surface area contributed by atoms with Gasteiger partial charge in [0.05, 0.1) is 0 Å². The Bertz CT molecular complexity index is 1170. The minimum absolute atomic E-state index is 0.0135. The van der Waals surface area contributed by atoms with E-state index in [2.05, 4.69) is 5.32 Å². The van der Waals surface area contributed by atoms with Crippen LogP contribution in [0, 0.1) is 25.6 Å². The fourth-order valence-electron chi connectivity index (χ4n) is 5.14. The average molecular weight is 484 g/mol. The van der Waals surface area contributed by atoms with Crippen LogP contribution in [-0.2, 0) is 20.9 Å². The minimum atomic E-state index is -0.951. The van der Waals surface area contributed by atoms with Gasteiger partial charge in [0.15, 0.2) is 6.61 Å². The number of carbonyl (C=O) groups excluding carboxylic acids is 4. The smallest absolute Gasteiger partial charge is 0.326 e. The molecular weight excluding hydrogens is 453 g/mol. The zero-order valence-electron chi connectivity index (χ0n) is 20.2. The SMILES string of the molecule is Cc1cc(C(=O)COC(=O)CN2C(=O)N[C@]3(CCCC[C@@H]3C)C2=O)c(C)n1Cc1ccc(F)cc1. The Morgan fingerprint density at radius 2 is 1.89 bits per heavy atom. The van der Waals surface area contributed by atoms with E-state index in [9.17, 15) is 23.6 Å². The Balaban J connectivity index is 1.36. The van der Waals surface area contributed by atoms with Crippen LogP contribution in [0.2, 0.25) is 0 Å². The molecule has 2 fully saturated rings. The summed E-state index contributed by atoms with van der Waals surface area (Å²) >= 11 is 0. The summed E-state index contributed by atoms with van der Waals surface area (Å²) in [5.41, 5.74) is 1.90. The number of aromatic nitrogens is 1. The zero-order chi connectivity index (χ0) is 25.3. The molecule has 1 aliphatic heterocycles. The second-order valence-electron chi connectivity index (χ2n) is 9.52. The number of urea groups is 1. The molecule has 0 unspecified atom stereocenters. The maximum Gasteiger partial charge on any atom is 0.326 e. The first-order valence-corrected chi connectivity index (χ1v) is 11.9. The van der Waals surface area contributed by atoms with Crippen molar-refractivity contribution in [1.82, 2.24) is 14.8 Å². The Kier molecular flexibility index (Phi) is 6.78. The number of halogens is 1. The number of benzene rings is 1. The number of Topliss-reactive ketones (excluding diaryl/α,β-unsaturated/α-hetero) is 1. The predicted octanol–water partition coefficient (Wildman–Crippen LogP) is 3.52. The van der Waals surface area contributed by atoms with Gasteiger partial charge < -0.3 is 14.6 Å². The van der Waals surface area contributed by atoms with Gasteiger partial charge in [0.1, 0.15) is 17.9 Å². The van der Waals surface area contributed by atoms with Crippen LogP contribution in [0.15, 0.2) is 30.3 Å². The van der Waals surface area contributed by atoms with Crippen molar-refractivity contribution in [3.05, 3.63) is 58.7 Å². The molecule has 1 saturated heterocycles. The Hall–Kier alpha value is -3.49. The quantitative estimate of drug-likeness (QED) is 0.369. The number of nitrogens with zero attached hydrogens (tertiary/aromatic N) is 2. The highest BCUT2D eigenvalue weighted by Crippen LogP contribution is 2.38. The molecule has 35 heavy (non-hydrogen) atoms. The second-order valence-corrected chi connectivity index (χ2v) is 9.52. The molecule has 1 aromatic carbocycles. The Morgan fingerprint density at radius 1 is 1.17 bits per heavy atom. The lowest BCUT2D eigenvalue weighted by atomic mass is 9.73. The lowest BCUT2D eigenvalue weighted by Crippen LogP contribution is -2.54. The summed E-state index contributed by atoms with van der Waals surface area (Å²) in [6.45, 7) is 5.03. The third-order valence-electron chi connectivity index (χ3n) is 7.28. The summed E-state index contributed by atoms with van der Waals surface area (Å²) in [7, 11) is 0. The van der Waals surface area contributed by atoms with Crippen molar-refractivity contribution in [2.45, 2.75) is 58.5 Å². The Labute approximate surface area is 203 Å². The van der Waals surface area contributed by atoms with Crippen molar-refractivity contribution in [2.75, 3.05) is 13.2 Å². The molecule has 186 valence electrons. The van der Waals surface area contributed by atoms with Gasteiger partial charge in [-0.3, -0.25) is 19.3 Å². The van der Waals surface area contributed by atoms with E-state index in [0.717, 1.165) is 35.4 Å². The van der Waals surface area contributed by atoms with Gasteiger partial charge in [-0.25, -0.2) is 9.18 Å². The van der Waals surface area contributed by atoms with Crippen LogP contribution in [0.25, 0.3) is 0 Å². The molecule has 9 heteroatoms. The molecule has 2 heterocycles.